The molecule has 136 valence electrons. The second-order valence-corrected chi connectivity index (χ2v) is 6.29. The molecule has 4 aromatic rings. The van der Waals surface area contributed by atoms with Crippen molar-refractivity contribution in [1.82, 2.24) is 14.8 Å². The molecule has 0 aliphatic carbocycles. The quantitative estimate of drug-likeness (QED) is 0.597. The maximum Gasteiger partial charge on any atom is 0.249 e. The number of hydrogen-bond acceptors (Lipinski definition) is 4. The van der Waals surface area contributed by atoms with Gasteiger partial charge in [-0.1, -0.05) is 12.1 Å². The number of nitrogens with two attached hydrogens (primary N) is 1. The van der Waals surface area contributed by atoms with E-state index in [1.165, 1.54) is 24.4 Å². The van der Waals surface area contributed by atoms with E-state index in [4.69, 9.17) is 11.0 Å². The standard InChI is InChI=1S/C21H14FN5O/c1-27-18-5-4-12(8-15(18)11-26-27)19-16(21(24)28)6-7-25-20(19)13-2-3-14(10-23)17(22)9-13/h2-9,11H,1H3,(H2,24,28). The van der Waals surface area contributed by atoms with Crippen LogP contribution in [0, 0.1) is 17.1 Å². The first-order valence-corrected chi connectivity index (χ1v) is 8.40. The number of aryl methyl sites for hydroxylation is 1. The van der Waals surface area contributed by atoms with Crippen molar-refractivity contribution in [2.75, 3.05) is 0 Å². The molecule has 2 aromatic carbocycles. The number of amides is 1. The molecule has 2 N–H and O–H groups in total. The van der Waals surface area contributed by atoms with Gasteiger partial charge in [0.2, 0.25) is 5.91 Å². The first-order valence-electron chi connectivity index (χ1n) is 8.40. The summed E-state index contributed by atoms with van der Waals surface area (Å²) in [6.07, 6.45) is 3.18. The van der Waals surface area contributed by atoms with Crippen LogP contribution in [-0.2, 0) is 7.05 Å². The zero-order valence-corrected chi connectivity index (χ0v) is 14.8. The topological polar surface area (TPSA) is 97.6 Å². The van der Waals surface area contributed by atoms with Crippen LogP contribution in [0.4, 0.5) is 4.39 Å². The van der Waals surface area contributed by atoms with Gasteiger partial charge in [0.05, 0.1) is 28.5 Å². The van der Waals surface area contributed by atoms with Gasteiger partial charge in [0.1, 0.15) is 11.9 Å². The highest BCUT2D eigenvalue weighted by Crippen LogP contribution is 2.35. The summed E-state index contributed by atoms with van der Waals surface area (Å²) in [6.45, 7) is 0. The van der Waals surface area contributed by atoms with Crippen molar-refractivity contribution < 1.29 is 9.18 Å². The van der Waals surface area contributed by atoms with E-state index in [-0.39, 0.29) is 11.1 Å². The van der Waals surface area contributed by atoms with Gasteiger partial charge in [-0.05, 0) is 35.9 Å². The molecule has 0 bridgehead atoms. The highest BCUT2D eigenvalue weighted by molar-refractivity contribution is 6.04. The third-order valence-electron chi connectivity index (χ3n) is 4.61. The van der Waals surface area contributed by atoms with Crippen LogP contribution in [0.5, 0.6) is 0 Å². The van der Waals surface area contributed by atoms with Crippen LogP contribution >= 0.6 is 0 Å². The zero-order chi connectivity index (χ0) is 19.8. The summed E-state index contributed by atoms with van der Waals surface area (Å²) < 4.78 is 15.9. The number of primary amides is 1. The lowest BCUT2D eigenvalue weighted by molar-refractivity contribution is 0.100. The highest BCUT2D eigenvalue weighted by atomic mass is 19.1. The molecular formula is C21H14FN5O. The maximum absolute atomic E-state index is 14.2. The van der Waals surface area contributed by atoms with Crippen LogP contribution in [0.3, 0.4) is 0 Å². The molecular weight excluding hydrogens is 357 g/mol. The number of benzene rings is 2. The van der Waals surface area contributed by atoms with Gasteiger partial charge in [0.15, 0.2) is 0 Å². The van der Waals surface area contributed by atoms with Gasteiger partial charge < -0.3 is 5.73 Å². The van der Waals surface area contributed by atoms with E-state index in [9.17, 15) is 9.18 Å². The largest absolute Gasteiger partial charge is 0.366 e. The maximum atomic E-state index is 14.2. The molecule has 2 aromatic heterocycles. The van der Waals surface area contributed by atoms with Crippen molar-refractivity contribution in [3.8, 4) is 28.5 Å². The minimum atomic E-state index is -0.653. The molecule has 0 aliphatic heterocycles. The number of carbonyl (C=O) groups excluding carboxylic acids is 1. The van der Waals surface area contributed by atoms with E-state index in [2.05, 4.69) is 10.1 Å². The summed E-state index contributed by atoms with van der Waals surface area (Å²) in [5.74, 6) is -1.26. The fraction of sp³-hybridized carbons (Fsp3) is 0.0476. The van der Waals surface area contributed by atoms with E-state index in [1.807, 2.05) is 25.2 Å². The predicted molar refractivity (Wildman–Crippen MR) is 103 cm³/mol. The molecule has 1 amide bonds. The van der Waals surface area contributed by atoms with Gasteiger partial charge in [-0.25, -0.2) is 4.39 Å². The minimum Gasteiger partial charge on any atom is -0.366 e. The predicted octanol–water partition coefficient (Wildman–Crippen LogP) is 3.41. The summed E-state index contributed by atoms with van der Waals surface area (Å²) in [7, 11) is 1.84. The SMILES string of the molecule is Cn1ncc2cc(-c3c(C(N)=O)ccnc3-c3ccc(C#N)c(F)c3)ccc21. The Morgan fingerprint density at radius 3 is 2.68 bits per heavy atom. The first kappa shape index (κ1) is 17.4. The smallest absolute Gasteiger partial charge is 0.249 e. The van der Waals surface area contributed by atoms with E-state index in [0.29, 0.717) is 22.4 Å². The Morgan fingerprint density at radius 2 is 1.96 bits per heavy atom. The Bertz CT molecular complexity index is 1290. The number of hydrogen-bond donors (Lipinski definition) is 1. The van der Waals surface area contributed by atoms with Crippen LogP contribution in [0.1, 0.15) is 15.9 Å². The van der Waals surface area contributed by atoms with Gasteiger partial charge in [0.25, 0.3) is 0 Å². The van der Waals surface area contributed by atoms with Crippen molar-refractivity contribution in [3.63, 3.8) is 0 Å². The van der Waals surface area contributed by atoms with E-state index < -0.39 is 11.7 Å². The third-order valence-corrected chi connectivity index (χ3v) is 4.61. The molecule has 6 nitrogen and oxygen atoms in total. The molecule has 0 aliphatic rings. The Hall–Kier alpha value is -4.05. The van der Waals surface area contributed by atoms with Crippen molar-refractivity contribution in [1.29, 1.82) is 5.26 Å². The summed E-state index contributed by atoms with van der Waals surface area (Å²) in [4.78, 5) is 16.4. The lowest BCUT2D eigenvalue weighted by atomic mass is 9.93. The second kappa shape index (κ2) is 6.59. The van der Waals surface area contributed by atoms with Crippen LogP contribution in [0.25, 0.3) is 33.3 Å². The summed E-state index contributed by atoms with van der Waals surface area (Å²) in [5, 5.41) is 14.1. The molecule has 0 saturated carbocycles. The molecule has 0 atom stereocenters. The van der Waals surface area contributed by atoms with Gasteiger partial charge in [-0.15, -0.1) is 0 Å². The number of carbonyl (C=O) groups is 1. The Labute approximate surface area is 159 Å². The average molecular weight is 371 g/mol. The van der Waals surface area contributed by atoms with Gasteiger partial charge >= 0.3 is 0 Å². The highest BCUT2D eigenvalue weighted by Gasteiger charge is 2.19. The normalized spacial score (nSPS) is 10.8. The lowest BCUT2D eigenvalue weighted by Crippen LogP contribution is -2.13. The third kappa shape index (κ3) is 2.77. The molecule has 4 rings (SSSR count). The second-order valence-electron chi connectivity index (χ2n) is 6.29. The molecule has 0 radical (unpaired) electrons. The van der Waals surface area contributed by atoms with Gasteiger partial charge in [0, 0.05) is 29.8 Å². The van der Waals surface area contributed by atoms with Crippen LogP contribution < -0.4 is 5.73 Å². The number of fused-ring (bicyclic) bond motifs is 1. The van der Waals surface area contributed by atoms with Crippen LogP contribution in [0.2, 0.25) is 0 Å². The van der Waals surface area contributed by atoms with E-state index in [1.54, 1.807) is 23.0 Å². The van der Waals surface area contributed by atoms with Gasteiger partial charge in [-0.3, -0.25) is 14.5 Å². The Kier molecular flexibility index (Phi) is 4.09. The van der Waals surface area contributed by atoms with Crippen molar-refractivity contribution in [2.45, 2.75) is 0 Å². The monoisotopic (exact) mass is 371 g/mol. The zero-order valence-electron chi connectivity index (χ0n) is 14.8. The number of nitriles is 1. The van der Waals surface area contributed by atoms with E-state index >= 15 is 0 Å². The fourth-order valence-electron chi connectivity index (χ4n) is 3.25. The van der Waals surface area contributed by atoms with E-state index in [0.717, 1.165) is 10.9 Å². The van der Waals surface area contributed by atoms with Crippen molar-refractivity contribution in [2.24, 2.45) is 12.8 Å². The summed E-state index contributed by atoms with van der Waals surface area (Å²) in [6, 6.07) is 13.2. The molecule has 0 saturated heterocycles. The number of pyridine rings is 1. The molecule has 0 spiro atoms. The Morgan fingerprint density at radius 1 is 1.18 bits per heavy atom. The number of aromatic nitrogens is 3. The minimum absolute atomic E-state index is 0.0619. The number of halogens is 1. The Balaban J connectivity index is 2.00. The molecule has 7 heteroatoms. The number of nitrogens with zero attached hydrogens (tertiary/aromatic N) is 4. The van der Waals surface area contributed by atoms with Crippen LogP contribution in [0.15, 0.2) is 54.9 Å². The average Bonchev–Trinajstić information content (AvgIpc) is 3.07. The summed E-state index contributed by atoms with van der Waals surface area (Å²) in [5.41, 5.74) is 8.80. The first-order chi connectivity index (χ1) is 13.5. The molecule has 28 heavy (non-hydrogen) atoms. The molecule has 0 unspecified atom stereocenters. The molecule has 0 fully saturated rings. The van der Waals surface area contributed by atoms with Gasteiger partial charge in [-0.2, -0.15) is 10.4 Å². The van der Waals surface area contributed by atoms with Crippen LogP contribution in [-0.4, -0.2) is 20.7 Å². The number of rotatable bonds is 3. The summed E-state index contributed by atoms with van der Waals surface area (Å²) >= 11 is 0. The van der Waals surface area contributed by atoms with Crippen molar-refractivity contribution in [3.05, 3.63) is 71.8 Å². The lowest BCUT2D eigenvalue weighted by Gasteiger charge is -2.13. The fourth-order valence-corrected chi connectivity index (χ4v) is 3.25. The molecule has 2 heterocycles. The van der Waals surface area contributed by atoms with Crippen molar-refractivity contribution >= 4 is 16.8 Å².